The van der Waals surface area contributed by atoms with Gasteiger partial charge in [0.15, 0.2) is 0 Å². The SMILES string of the molecule is CN1CCCC2CN(c3c(F)cc(CCl)cc3F)CCC21. The van der Waals surface area contributed by atoms with Crippen LogP contribution in [0.5, 0.6) is 0 Å². The number of alkyl halides is 1. The fourth-order valence-corrected chi connectivity index (χ4v) is 4.01. The van der Waals surface area contributed by atoms with Crippen molar-refractivity contribution in [3.8, 4) is 0 Å². The Morgan fingerprint density at radius 2 is 1.90 bits per heavy atom. The Morgan fingerprint density at radius 3 is 2.57 bits per heavy atom. The van der Waals surface area contributed by atoms with Crippen LogP contribution < -0.4 is 4.90 Å². The van der Waals surface area contributed by atoms with E-state index in [0.29, 0.717) is 24.1 Å². The van der Waals surface area contributed by atoms with Gasteiger partial charge in [-0.15, -0.1) is 11.6 Å². The molecule has 0 radical (unpaired) electrons. The van der Waals surface area contributed by atoms with E-state index in [4.69, 9.17) is 11.6 Å². The minimum Gasteiger partial charge on any atom is -0.366 e. The van der Waals surface area contributed by atoms with Gasteiger partial charge in [0, 0.05) is 25.0 Å². The van der Waals surface area contributed by atoms with Crippen molar-refractivity contribution in [2.75, 3.05) is 31.6 Å². The standard InChI is InChI=1S/C16H21ClF2N2/c1-20-5-2-3-12-10-21(6-4-15(12)20)16-13(18)7-11(9-17)8-14(16)19/h7-8,12,15H,2-6,9-10H2,1H3. The maximum absolute atomic E-state index is 14.2. The second-order valence-corrected chi connectivity index (χ2v) is 6.49. The first-order chi connectivity index (χ1) is 10.1. The molecule has 2 fully saturated rings. The quantitative estimate of drug-likeness (QED) is 0.769. The zero-order valence-corrected chi connectivity index (χ0v) is 13.0. The molecule has 21 heavy (non-hydrogen) atoms. The van der Waals surface area contributed by atoms with Crippen molar-refractivity contribution in [1.29, 1.82) is 0 Å². The Kier molecular flexibility index (Phi) is 4.36. The van der Waals surface area contributed by atoms with Crippen LogP contribution in [0, 0.1) is 17.6 Å². The van der Waals surface area contributed by atoms with Crippen LogP contribution in [0.1, 0.15) is 24.8 Å². The second-order valence-electron chi connectivity index (χ2n) is 6.23. The number of hydrogen-bond donors (Lipinski definition) is 0. The van der Waals surface area contributed by atoms with Gasteiger partial charge in [0.05, 0.1) is 0 Å². The molecule has 5 heteroatoms. The summed E-state index contributed by atoms with van der Waals surface area (Å²) in [7, 11) is 2.16. The van der Waals surface area contributed by atoms with E-state index in [0.717, 1.165) is 25.9 Å². The predicted molar refractivity (Wildman–Crippen MR) is 81.9 cm³/mol. The highest BCUT2D eigenvalue weighted by Crippen LogP contribution is 2.34. The van der Waals surface area contributed by atoms with Gasteiger partial charge in [0.1, 0.15) is 17.3 Å². The molecule has 0 bridgehead atoms. The Hall–Kier alpha value is -0.870. The Bertz CT molecular complexity index is 500. The fraction of sp³-hybridized carbons (Fsp3) is 0.625. The highest BCUT2D eigenvalue weighted by molar-refractivity contribution is 6.17. The van der Waals surface area contributed by atoms with Gasteiger partial charge in [0.25, 0.3) is 0 Å². The smallest absolute Gasteiger partial charge is 0.149 e. The van der Waals surface area contributed by atoms with E-state index in [1.54, 1.807) is 0 Å². The number of benzene rings is 1. The van der Waals surface area contributed by atoms with Crippen molar-refractivity contribution in [2.24, 2.45) is 5.92 Å². The largest absolute Gasteiger partial charge is 0.366 e. The van der Waals surface area contributed by atoms with Crippen LogP contribution in [0.25, 0.3) is 0 Å². The molecule has 1 aromatic carbocycles. The van der Waals surface area contributed by atoms with Crippen LogP contribution in [0.15, 0.2) is 12.1 Å². The molecule has 0 aliphatic carbocycles. The number of nitrogens with zero attached hydrogens (tertiary/aromatic N) is 2. The third kappa shape index (κ3) is 2.88. The van der Waals surface area contributed by atoms with Crippen molar-refractivity contribution in [2.45, 2.75) is 31.2 Å². The minimum atomic E-state index is -0.492. The number of hydrogen-bond acceptors (Lipinski definition) is 2. The van der Waals surface area contributed by atoms with Gasteiger partial charge >= 0.3 is 0 Å². The number of rotatable bonds is 2. The Labute approximate surface area is 129 Å². The molecule has 1 aromatic rings. The topological polar surface area (TPSA) is 6.48 Å². The zero-order valence-electron chi connectivity index (χ0n) is 12.3. The lowest BCUT2D eigenvalue weighted by molar-refractivity contribution is 0.102. The van der Waals surface area contributed by atoms with E-state index >= 15 is 0 Å². The third-order valence-electron chi connectivity index (χ3n) is 4.89. The average Bonchev–Trinajstić information content (AvgIpc) is 2.46. The molecule has 2 unspecified atom stereocenters. The zero-order chi connectivity index (χ0) is 15.0. The summed E-state index contributed by atoms with van der Waals surface area (Å²) in [5.74, 6) is -0.352. The predicted octanol–water partition coefficient (Wildman–Crippen LogP) is 3.62. The number of fused-ring (bicyclic) bond motifs is 1. The lowest BCUT2D eigenvalue weighted by Crippen LogP contribution is -2.53. The number of piperidine rings is 2. The van der Waals surface area contributed by atoms with Crippen molar-refractivity contribution < 1.29 is 8.78 Å². The van der Waals surface area contributed by atoms with Crippen LogP contribution in [-0.2, 0) is 5.88 Å². The summed E-state index contributed by atoms with van der Waals surface area (Å²) in [6.45, 7) is 2.58. The first kappa shape index (κ1) is 15.0. The molecule has 116 valence electrons. The van der Waals surface area contributed by atoms with E-state index in [1.165, 1.54) is 18.6 Å². The van der Waals surface area contributed by atoms with E-state index in [2.05, 4.69) is 11.9 Å². The van der Waals surface area contributed by atoms with E-state index in [-0.39, 0.29) is 11.6 Å². The summed E-state index contributed by atoms with van der Waals surface area (Å²) < 4.78 is 28.5. The normalized spacial score (nSPS) is 26.8. The van der Waals surface area contributed by atoms with Crippen molar-refractivity contribution >= 4 is 17.3 Å². The summed E-state index contributed by atoms with van der Waals surface area (Å²) >= 11 is 5.66. The molecule has 2 atom stereocenters. The van der Waals surface area contributed by atoms with Crippen LogP contribution in [-0.4, -0.2) is 37.6 Å². The van der Waals surface area contributed by atoms with Gasteiger partial charge in [-0.05, 0) is 56.5 Å². The van der Waals surface area contributed by atoms with E-state index in [1.807, 2.05) is 4.90 Å². The van der Waals surface area contributed by atoms with Crippen molar-refractivity contribution in [3.05, 3.63) is 29.3 Å². The summed E-state index contributed by atoms with van der Waals surface area (Å²) in [5, 5.41) is 0. The monoisotopic (exact) mass is 314 g/mol. The highest BCUT2D eigenvalue weighted by Gasteiger charge is 2.35. The third-order valence-corrected chi connectivity index (χ3v) is 5.20. The molecule has 2 heterocycles. The van der Waals surface area contributed by atoms with Gasteiger partial charge in [-0.2, -0.15) is 0 Å². The Balaban J connectivity index is 1.82. The van der Waals surface area contributed by atoms with Crippen molar-refractivity contribution in [1.82, 2.24) is 4.90 Å². The van der Waals surface area contributed by atoms with Gasteiger partial charge in [-0.25, -0.2) is 8.78 Å². The van der Waals surface area contributed by atoms with Crippen LogP contribution in [0.2, 0.25) is 0 Å². The van der Waals surface area contributed by atoms with Crippen LogP contribution in [0.4, 0.5) is 14.5 Å². The second kappa shape index (κ2) is 6.09. The van der Waals surface area contributed by atoms with E-state index < -0.39 is 11.6 Å². The maximum atomic E-state index is 14.2. The molecule has 0 spiro atoms. The lowest BCUT2D eigenvalue weighted by atomic mass is 9.84. The molecule has 2 aliphatic heterocycles. The van der Waals surface area contributed by atoms with Gasteiger partial charge in [-0.1, -0.05) is 0 Å². The van der Waals surface area contributed by atoms with Crippen molar-refractivity contribution in [3.63, 3.8) is 0 Å². The van der Waals surface area contributed by atoms with Crippen LogP contribution in [0.3, 0.4) is 0 Å². The molecular weight excluding hydrogens is 294 g/mol. The first-order valence-corrected chi connectivity index (χ1v) is 8.12. The molecule has 0 aromatic heterocycles. The average molecular weight is 315 g/mol. The molecule has 3 rings (SSSR count). The molecule has 0 amide bonds. The van der Waals surface area contributed by atoms with E-state index in [9.17, 15) is 8.78 Å². The van der Waals surface area contributed by atoms with Crippen LogP contribution >= 0.6 is 11.6 Å². The highest BCUT2D eigenvalue weighted by atomic mass is 35.5. The molecular formula is C16H21ClF2N2. The number of anilines is 1. The molecule has 0 saturated carbocycles. The minimum absolute atomic E-state index is 0.121. The molecule has 2 nitrogen and oxygen atoms in total. The molecule has 0 N–H and O–H groups in total. The summed E-state index contributed by atoms with van der Waals surface area (Å²) in [5.41, 5.74) is 0.609. The Morgan fingerprint density at radius 1 is 1.19 bits per heavy atom. The summed E-state index contributed by atoms with van der Waals surface area (Å²) in [4.78, 5) is 4.28. The fourth-order valence-electron chi connectivity index (χ4n) is 3.85. The molecule has 2 saturated heterocycles. The summed E-state index contributed by atoms with van der Waals surface area (Å²) in [6, 6.07) is 3.26. The number of halogens is 3. The lowest BCUT2D eigenvalue weighted by Gasteiger charge is -2.46. The van der Waals surface area contributed by atoms with Gasteiger partial charge < -0.3 is 9.80 Å². The maximum Gasteiger partial charge on any atom is 0.149 e. The number of likely N-dealkylation sites (tertiary alicyclic amines) is 1. The van der Waals surface area contributed by atoms with Gasteiger partial charge in [-0.3, -0.25) is 0 Å². The summed E-state index contributed by atoms with van der Waals surface area (Å²) in [6.07, 6.45) is 3.29. The molecule has 2 aliphatic rings. The first-order valence-electron chi connectivity index (χ1n) is 7.59. The van der Waals surface area contributed by atoms with Gasteiger partial charge in [0.2, 0.25) is 0 Å².